The third-order valence-electron chi connectivity index (χ3n) is 11.9. The smallest absolute Gasteiger partial charge is 0.235 e. The summed E-state index contributed by atoms with van der Waals surface area (Å²) >= 11 is 0. The van der Waals surface area contributed by atoms with Crippen LogP contribution in [0.2, 0.25) is 0 Å². The van der Waals surface area contributed by atoms with Gasteiger partial charge in [-0.05, 0) is 55.5 Å². The van der Waals surface area contributed by atoms with Crippen molar-refractivity contribution < 1.29 is 0 Å². The first-order valence-corrected chi connectivity index (χ1v) is 20.4. The summed E-state index contributed by atoms with van der Waals surface area (Å²) in [4.78, 5) is 11.5. The Balaban J connectivity index is 1.32. The minimum absolute atomic E-state index is 0.101. The van der Waals surface area contributed by atoms with E-state index >= 15 is 0 Å². The lowest BCUT2D eigenvalue weighted by Gasteiger charge is -2.30. The largest absolute Gasteiger partial charge is 0.278 e. The molecule has 4 heteroatoms. The van der Waals surface area contributed by atoms with Crippen LogP contribution in [-0.4, -0.2) is 22.6 Å². The van der Waals surface area contributed by atoms with Gasteiger partial charge in [-0.3, -0.25) is 4.57 Å². The molecule has 0 fully saturated rings. The van der Waals surface area contributed by atoms with Crippen molar-refractivity contribution in [1.29, 1.82) is 0 Å². The normalized spacial score (nSPS) is 14.5. The van der Waals surface area contributed by atoms with Crippen LogP contribution in [0.15, 0.2) is 176 Å². The lowest BCUT2D eigenvalue weighted by molar-refractivity contribution is 0.661. The Hall–Kier alpha value is -6.36. The molecule has 3 nitrogen and oxygen atoms in total. The van der Waals surface area contributed by atoms with Gasteiger partial charge in [0.1, 0.15) is 0 Å². The van der Waals surface area contributed by atoms with Gasteiger partial charge < -0.3 is 0 Å². The number of benzene rings is 7. The molecule has 2 aliphatic rings. The van der Waals surface area contributed by atoms with Gasteiger partial charge in [-0.25, -0.2) is 9.97 Å². The maximum Gasteiger partial charge on any atom is 0.235 e. The van der Waals surface area contributed by atoms with Crippen molar-refractivity contribution in [3.8, 4) is 39.5 Å². The molecule has 0 radical (unpaired) electrons. The van der Waals surface area contributed by atoms with Crippen molar-refractivity contribution in [3.63, 3.8) is 0 Å². The second-order valence-corrected chi connectivity index (χ2v) is 18.6. The zero-order chi connectivity index (χ0) is 35.3. The average molecular weight is 694 g/mol. The molecule has 1 aliphatic carbocycles. The number of hydrogen-bond acceptors (Lipinski definition) is 2. The summed E-state index contributed by atoms with van der Waals surface area (Å²) in [5.74, 6) is 0.704. The molecule has 3 heterocycles. The molecule has 2 aromatic heterocycles. The van der Waals surface area contributed by atoms with Crippen LogP contribution >= 0.6 is 0 Å². The fourth-order valence-corrected chi connectivity index (χ4v) is 14.6. The Labute approximate surface area is 309 Å². The Morgan fingerprint density at radius 1 is 0.491 bits per heavy atom. The number of nitrogens with zero attached hydrogens (tertiary/aromatic N) is 3. The Bertz CT molecular complexity index is 2870. The van der Waals surface area contributed by atoms with Crippen LogP contribution in [0, 0.1) is 0 Å². The maximum atomic E-state index is 5.88. The van der Waals surface area contributed by atoms with E-state index in [4.69, 9.17) is 9.97 Å². The van der Waals surface area contributed by atoms with E-state index in [1.165, 1.54) is 54.1 Å². The second kappa shape index (κ2) is 11.1. The second-order valence-electron chi connectivity index (χ2n) is 14.9. The third kappa shape index (κ3) is 3.99. The number of fused-ring (bicyclic) bond motifs is 10. The van der Waals surface area contributed by atoms with Gasteiger partial charge in [-0.1, -0.05) is 178 Å². The zero-order valence-electron chi connectivity index (χ0n) is 29.6. The summed E-state index contributed by atoms with van der Waals surface area (Å²) in [5, 5.41) is 7.61. The van der Waals surface area contributed by atoms with Crippen LogP contribution in [0.1, 0.15) is 25.0 Å². The lowest BCUT2D eigenvalue weighted by Crippen LogP contribution is -2.73. The SMILES string of the molecule is CC1(C)c2ccccc2-c2c1ccc1c2c2ccccc2n1-c1nc(-c2ccccc2)c2c(n1)[Si](c1ccccc1)(c1ccccc1)c1ccccc1-2. The molecule has 1 aliphatic heterocycles. The van der Waals surface area contributed by atoms with Crippen molar-refractivity contribution in [1.82, 2.24) is 14.5 Å². The van der Waals surface area contributed by atoms with Crippen LogP contribution < -0.4 is 20.9 Å². The molecule has 11 rings (SSSR count). The summed E-state index contributed by atoms with van der Waals surface area (Å²) < 4.78 is 2.34. The predicted molar refractivity (Wildman–Crippen MR) is 222 cm³/mol. The van der Waals surface area contributed by atoms with Crippen molar-refractivity contribution in [3.05, 3.63) is 187 Å². The van der Waals surface area contributed by atoms with E-state index in [0.717, 1.165) is 33.2 Å². The van der Waals surface area contributed by atoms with E-state index in [1.807, 2.05) is 0 Å². The molecule has 0 atom stereocenters. The molecule has 53 heavy (non-hydrogen) atoms. The third-order valence-corrected chi connectivity index (χ3v) is 16.6. The molecule has 0 N–H and O–H groups in total. The molecule has 0 saturated carbocycles. The molecule has 0 unspecified atom stereocenters. The van der Waals surface area contributed by atoms with Gasteiger partial charge in [0.05, 0.1) is 22.0 Å². The maximum absolute atomic E-state index is 5.88. The predicted octanol–water partition coefficient (Wildman–Crippen LogP) is 8.90. The molecule has 0 saturated heterocycles. The number of hydrogen-bond donors (Lipinski definition) is 0. The molecule has 9 aromatic rings. The number of aromatic nitrogens is 3. The number of para-hydroxylation sites is 1. The van der Waals surface area contributed by atoms with Crippen LogP contribution in [0.5, 0.6) is 0 Å². The molecule has 250 valence electrons. The molecule has 0 bridgehead atoms. The molecular formula is C49H35N3Si. The van der Waals surface area contributed by atoms with E-state index in [9.17, 15) is 0 Å². The van der Waals surface area contributed by atoms with Crippen molar-refractivity contribution >= 4 is 50.8 Å². The fourth-order valence-electron chi connectivity index (χ4n) is 9.63. The van der Waals surface area contributed by atoms with Gasteiger partial charge >= 0.3 is 0 Å². The highest BCUT2D eigenvalue weighted by atomic mass is 28.3. The number of rotatable bonds is 4. The van der Waals surface area contributed by atoms with E-state index in [2.05, 4.69) is 194 Å². The van der Waals surface area contributed by atoms with Gasteiger partial charge in [0.2, 0.25) is 14.0 Å². The van der Waals surface area contributed by atoms with Crippen LogP contribution in [0.25, 0.3) is 61.3 Å². The summed E-state index contributed by atoms with van der Waals surface area (Å²) in [5.41, 5.74) is 11.9. The minimum Gasteiger partial charge on any atom is -0.278 e. The first kappa shape index (κ1) is 30.3. The van der Waals surface area contributed by atoms with Gasteiger partial charge in [0, 0.05) is 27.3 Å². The highest BCUT2D eigenvalue weighted by Crippen LogP contribution is 2.53. The summed E-state index contributed by atoms with van der Waals surface area (Å²) in [6.07, 6.45) is 0. The topological polar surface area (TPSA) is 30.7 Å². The molecular weight excluding hydrogens is 659 g/mol. The Morgan fingerprint density at radius 3 is 1.83 bits per heavy atom. The first-order valence-electron chi connectivity index (χ1n) is 18.4. The van der Waals surface area contributed by atoms with Gasteiger partial charge in [-0.2, -0.15) is 0 Å². The quantitative estimate of drug-likeness (QED) is 0.173. The minimum atomic E-state index is -2.92. The van der Waals surface area contributed by atoms with Crippen LogP contribution in [0.4, 0.5) is 0 Å². The standard InChI is InChI=1S/C49H35N3Si/c1-49(2)38-27-15-12-24-35(38)43-39(49)30-31-41-44(43)36-25-13-16-28-40(36)52(41)48-50-46(32-18-6-3-7-19-32)45-37-26-14-17-29-42(37)53(47(45)51-48,33-20-8-4-9-21-33)34-22-10-5-11-23-34/h3-31H,1-2H3. The molecule has 0 amide bonds. The van der Waals surface area contributed by atoms with Crippen molar-refractivity contribution in [2.75, 3.05) is 0 Å². The summed E-state index contributed by atoms with van der Waals surface area (Å²) in [6, 6.07) is 64.4. The van der Waals surface area contributed by atoms with Gasteiger partial charge in [-0.15, -0.1) is 0 Å². The van der Waals surface area contributed by atoms with Gasteiger partial charge in [0.15, 0.2) is 0 Å². The summed E-state index contributed by atoms with van der Waals surface area (Å²) in [6.45, 7) is 4.71. The van der Waals surface area contributed by atoms with Crippen molar-refractivity contribution in [2.24, 2.45) is 0 Å². The highest BCUT2D eigenvalue weighted by Gasteiger charge is 2.51. The average Bonchev–Trinajstić information content (AvgIpc) is 3.80. The highest BCUT2D eigenvalue weighted by molar-refractivity contribution is 7.21. The van der Waals surface area contributed by atoms with Crippen LogP contribution in [-0.2, 0) is 5.41 Å². The Kier molecular flexibility index (Phi) is 6.32. The van der Waals surface area contributed by atoms with E-state index in [1.54, 1.807) is 0 Å². The van der Waals surface area contributed by atoms with Crippen molar-refractivity contribution in [2.45, 2.75) is 19.3 Å². The Morgan fingerprint density at radius 2 is 1.09 bits per heavy atom. The van der Waals surface area contributed by atoms with E-state index < -0.39 is 8.07 Å². The molecule has 0 spiro atoms. The zero-order valence-corrected chi connectivity index (χ0v) is 30.6. The van der Waals surface area contributed by atoms with E-state index in [0.29, 0.717) is 5.95 Å². The fraction of sp³-hybridized carbons (Fsp3) is 0.0612. The monoisotopic (exact) mass is 693 g/mol. The van der Waals surface area contributed by atoms with E-state index in [-0.39, 0.29) is 5.41 Å². The lowest BCUT2D eigenvalue weighted by atomic mass is 9.82. The van der Waals surface area contributed by atoms with Gasteiger partial charge in [0.25, 0.3) is 0 Å². The first-order chi connectivity index (χ1) is 26.1. The van der Waals surface area contributed by atoms with Crippen LogP contribution in [0.3, 0.4) is 0 Å². The summed E-state index contributed by atoms with van der Waals surface area (Å²) in [7, 11) is -2.92. The molecule has 7 aromatic carbocycles.